The van der Waals surface area contributed by atoms with Crippen LogP contribution in [0.3, 0.4) is 0 Å². The highest BCUT2D eigenvalue weighted by Gasteiger charge is 2.22. The number of hydrogen-bond acceptors (Lipinski definition) is 4. The summed E-state index contributed by atoms with van der Waals surface area (Å²) in [6, 6.07) is 11.0. The second-order valence-electron chi connectivity index (χ2n) is 6.79. The van der Waals surface area contributed by atoms with Crippen LogP contribution in [0.4, 0.5) is 10.1 Å². The Bertz CT molecular complexity index is 1030. The van der Waals surface area contributed by atoms with Crippen molar-refractivity contribution in [2.45, 2.75) is 19.4 Å². The fourth-order valence-electron chi connectivity index (χ4n) is 3.14. The first-order chi connectivity index (χ1) is 14.5. The van der Waals surface area contributed by atoms with Gasteiger partial charge in [0.1, 0.15) is 12.6 Å². The van der Waals surface area contributed by atoms with E-state index in [0.717, 1.165) is 16.5 Å². The second-order valence-corrected chi connectivity index (χ2v) is 6.79. The number of halogens is 1. The summed E-state index contributed by atoms with van der Waals surface area (Å²) in [5.41, 5.74) is 2.11. The molecule has 1 unspecified atom stereocenters. The van der Waals surface area contributed by atoms with Crippen LogP contribution in [0.5, 0.6) is 5.75 Å². The highest BCUT2D eigenvalue weighted by atomic mass is 19.1. The maximum absolute atomic E-state index is 14.2. The van der Waals surface area contributed by atoms with Crippen molar-refractivity contribution in [2.75, 3.05) is 25.6 Å². The molecular formula is C22H24FN3O4. The van der Waals surface area contributed by atoms with Gasteiger partial charge in [0.15, 0.2) is 11.6 Å². The number of carbonyl (C=O) groups is 2. The minimum Gasteiger partial charge on any atom is -0.488 e. The van der Waals surface area contributed by atoms with Crippen LogP contribution in [0.2, 0.25) is 0 Å². The number of methoxy groups -OCH3 is 1. The molecule has 0 saturated carbocycles. The third-order valence-electron chi connectivity index (χ3n) is 4.54. The first-order valence-electron chi connectivity index (χ1n) is 9.52. The van der Waals surface area contributed by atoms with E-state index in [0.29, 0.717) is 6.61 Å². The quantitative estimate of drug-likeness (QED) is 0.470. The highest BCUT2D eigenvalue weighted by molar-refractivity contribution is 5.97. The molecule has 7 nitrogen and oxygen atoms in total. The van der Waals surface area contributed by atoms with Crippen molar-refractivity contribution >= 4 is 28.4 Å². The molecular weight excluding hydrogens is 389 g/mol. The van der Waals surface area contributed by atoms with E-state index in [2.05, 4.69) is 15.6 Å². The minimum atomic E-state index is -0.817. The Morgan fingerprint density at radius 2 is 1.97 bits per heavy atom. The number of aromatic amines is 1. The van der Waals surface area contributed by atoms with Crippen molar-refractivity contribution in [3.05, 3.63) is 60.0 Å². The minimum absolute atomic E-state index is 0.0715. The zero-order valence-electron chi connectivity index (χ0n) is 16.8. The number of aromatic nitrogens is 1. The van der Waals surface area contributed by atoms with Crippen molar-refractivity contribution in [1.29, 1.82) is 0 Å². The van der Waals surface area contributed by atoms with Crippen molar-refractivity contribution in [3.63, 3.8) is 0 Å². The SMILES string of the molecule is COCCOc1ccc(NC(=O)C(Cc2c[nH]c3ccccc23)NC(C)=O)cc1F. The highest BCUT2D eigenvalue weighted by Crippen LogP contribution is 2.22. The van der Waals surface area contributed by atoms with Gasteiger partial charge in [-0.1, -0.05) is 18.2 Å². The lowest BCUT2D eigenvalue weighted by molar-refractivity contribution is -0.125. The average Bonchev–Trinajstić information content (AvgIpc) is 3.12. The van der Waals surface area contributed by atoms with E-state index >= 15 is 0 Å². The van der Waals surface area contributed by atoms with Crippen molar-refractivity contribution in [3.8, 4) is 5.75 Å². The maximum Gasteiger partial charge on any atom is 0.247 e. The first kappa shape index (κ1) is 21.3. The average molecular weight is 413 g/mol. The van der Waals surface area contributed by atoms with Crippen LogP contribution in [0.1, 0.15) is 12.5 Å². The van der Waals surface area contributed by atoms with E-state index < -0.39 is 17.8 Å². The van der Waals surface area contributed by atoms with Gasteiger partial charge in [-0.3, -0.25) is 9.59 Å². The Balaban J connectivity index is 1.72. The fraction of sp³-hybridized carbons (Fsp3) is 0.273. The van der Waals surface area contributed by atoms with Crippen LogP contribution < -0.4 is 15.4 Å². The largest absolute Gasteiger partial charge is 0.488 e. The number of hydrogen-bond donors (Lipinski definition) is 3. The standard InChI is InChI=1S/C22H24FN3O4/c1-14(27)25-20(11-15-13-24-19-6-4-3-5-17(15)19)22(28)26-16-7-8-21(18(23)12-16)30-10-9-29-2/h3-8,12-13,20,24H,9-11H2,1-2H3,(H,25,27)(H,26,28). The van der Waals surface area contributed by atoms with Gasteiger partial charge >= 0.3 is 0 Å². The molecule has 0 saturated heterocycles. The van der Waals surface area contributed by atoms with Gasteiger partial charge in [0.2, 0.25) is 11.8 Å². The van der Waals surface area contributed by atoms with E-state index in [1.165, 1.54) is 26.2 Å². The molecule has 3 aromatic rings. The van der Waals surface area contributed by atoms with Crippen LogP contribution in [0.25, 0.3) is 10.9 Å². The van der Waals surface area contributed by atoms with Crippen LogP contribution >= 0.6 is 0 Å². The summed E-state index contributed by atoms with van der Waals surface area (Å²) in [5.74, 6) is -1.30. The lowest BCUT2D eigenvalue weighted by Gasteiger charge is -2.18. The molecule has 1 atom stereocenters. The lowest BCUT2D eigenvalue weighted by atomic mass is 10.0. The Morgan fingerprint density at radius 1 is 1.17 bits per heavy atom. The van der Waals surface area contributed by atoms with Crippen LogP contribution in [-0.4, -0.2) is 43.2 Å². The maximum atomic E-state index is 14.2. The summed E-state index contributed by atoms with van der Waals surface area (Å²) in [7, 11) is 1.53. The number of nitrogens with one attached hydrogen (secondary N) is 3. The molecule has 1 heterocycles. The van der Waals surface area contributed by atoms with Gasteiger partial charge in [-0.2, -0.15) is 0 Å². The number of benzene rings is 2. The number of H-pyrrole nitrogens is 1. The molecule has 0 fully saturated rings. The lowest BCUT2D eigenvalue weighted by Crippen LogP contribution is -2.44. The third kappa shape index (κ3) is 5.36. The Kier molecular flexibility index (Phi) is 7.03. The zero-order valence-corrected chi connectivity index (χ0v) is 16.8. The van der Waals surface area contributed by atoms with E-state index in [-0.39, 0.29) is 30.4 Å². The number of carbonyl (C=O) groups excluding carboxylic acids is 2. The van der Waals surface area contributed by atoms with Gasteiger partial charge in [-0.05, 0) is 23.8 Å². The number of ether oxygens (including phenoxy) is 2. The molecule has 0 bridgehead atoms. The molecule has 2 aromatic carbocycles. The molecule has 0 aliphatic heterocycles. The molecule has 0 radical (unpaired) electrons. The van der Waals surface area contributed by atoms with Gasteiger partial charge in [0, 0.05) is 49.3 Å². The monoisotopic (exact) mass is 413 g/mol. The molecule has 158 valence electrons. The van der Waals surface area contributed by atoms with Crippen LogP contribution in [0.15, 0.2) is 48.7 Å². The fourth-order valence-corrected chi connectivity index (χ4v) is 3.14. The van der Waals surface area contributed by atoms with Gasteiger partial charge in [-0.15, -0.1) is 0 Å². The summed E-state index contributed by atoms with van der Waals surface area (Å²) < 4.78 is 24.4. The molecule has 3 rings (SSSR count). The number of anilines is 1. The number of amides is 2. The van der Waals surface area contributed by atoms with Crippen molar-refractivity contribution in [2.24, 2.45) is 0 Å². The normalized spacial score (nSPS) is 11.8. The topological polar surface area (TPSA) is 92.4 Å². The summed E-state index contributed by atoms with van der Waals surface area (Å²) in [4.78, 5) is 27.6. The molecule has 30 heavy (non-hydrogen) atoms. The van der Waals surface area contributed by atoms with Crippen LogP contribution in [-0.2, 0) is 20.7 Å². The molecule has 3 N–H and O–H groups in total. The summed E-state index contributed by atoms with van der Waals surface area (Å²) in [6.07, 6.45) is 2.11. The van der Waals surface area contributed by atoms with Gasteiger partial charge in [-0.25, -0.2) is 4.39 Å². The predicted molar refractivity (Wildman–Crippen MR) is 112 cm³/mol. The number of para-hydroxylation sites is 1. The molecule has 0 spiro atoms. The van der Waals surface area contributed by atoms with E-state index in [1.54, 1.807) is 6.07 Å². The summed E-state index contributed by atoms with van der Waals surface area (Å²) in [6.45, 7) is 1.90. The van der Waals surface area contributed by atoms with Gasteiger partial charge in [0.25, 0.3) is 0 Å². The first-order valence-corrected chi connectivity index (χ1v) is 9.52. The zero-order chi connectivity index (χ0) is 21.5. The van der Waals surface area contributed by atoms with Crippen molar-refractivity contribution in [1.82, 2.24) is 10.3 Å². The summed E-state index contributed by atoms with van der Waals surface area (Å²) >= 11 is 0. The van der Waals surface area contributed by atoms with Crippen molar-refractivity contribution < 1.29 is 23.5 Å². The van der Waals surface area contributed by atoms with Gasteiger partial charge < -0.3 is 25.1 Å². The van der Waals surface area contributed by atoms with Crippen LogP contribution in [0, 0.1) is 5.82 Å². The number of fused-ring (bicyclic) bond motifs is 1. The molecule has 0 aliphatic rings. The Hall–Kier alpha value is -3.39. The molecule has 8 heteroatoms. The van der Waals surface area contributed by atoms with E-state index in [9.17, 15) is 14.0 Å². The van der Waals surface area contributed by atoms with E-state index in [4.69, 9.17) is 9.47 Å². The van der Waals surface area contributed by atoms with Gasteiger partial charge in [0.05, 0.1) is 6.61 Å². The molecule has 2 amide bonds. The Labute approximate surface area is 173 Å². The smallest absolute Gasteiger partial charge is 0.247 e. The second kappa shape index (κ2) is 9.89. The molecule has 1 aromatic heterocycles. The Morgan fingerprint density at radius 3 is 2.70 bits per heavy atom. The predicted octanol–water partition coefficient (Wildman–Crippen LogP) is 3.02. The third-order valence-corrected chi connectivity index (χ3v) is 4.54. The van der Waals surface area contributed by atoms with E-state index in [1.807, 2.05) is 30.5 Å². The molecule has 0 aliphatic carbocycles. The number of rotatable bonds is 9. The summed E-state index contributed by atoms with van der Waals surface area (Å²) in [5, 5.41) is 6.30.